The van der Waals surface area contributed by atoms with Gasteiger partial charge in [0.25, 0.3) is 0 Å². The number of hydrogen-bond donors (Lipinski definition) is 3. The number of nitrogens with one attached hydrogen (secondary N) is 1. The average Bonchev–Trinajstić information content (AvgIpc) is 2.84. The fraction of sp³-hybridized carbons (Fsp3) is 0.773. The van der Waals surface area contributed by atoms with Crippen LogP contribution in [0, 0.1) is 28.6 Å². The summed E-state index contributed by atoms with van der Waals surface area (Å²) < 4.78 is 0. The molecule has 0 bridgehead atoms. The highest BCUT2D eigenvalue weighted by Crippen LogP contribution is 2.67. The van der Waals surface area contributed by atoms with Crippen LogP contribution in [0.2, 0.25) is 0 Å². The van der Waals surface area contributed by atoms with Crippen molar-refractivity contribution in [2.45, 2.75) is 71.3 Å². The van der Waals surface area contributed by atoms with Gasteiger partial charge in [-0.1, -0.05) is 25.5 Å². The van der Waals surface area contributed by atoms with Crippen LogP contribution in [0.5, 0.6) is 0 Å². The fourth-order valence-corrected chi connectivity index (χ4v) is 6.91. The second-order valence-corrected chi connectivity index (χ2v) is 9.92. The maximum atomic E-state index is 11.0. The maximum absolute atomic E-state index is 11.0. The Bertz CT molecular complexity index is 696. The standard InChI is InChI=1S/C22H33NO4/c1-20-9-6-15(23-27-13-19(24)25)12-14(20)4-5-16-17(20)7-10-21(2)18(16)8-11-22(21,3)26/h6,12,16-18,23,26H,4-5,7-11,13H2,1-3H3,(H,24,25)/t16-,17+,18-,20+,21-,22+/m0/s1. The first-order valence-corrected chi connectivity index (χ1v) is 10.4. The zero-order chi connectivity index (χ0) is 19.4. The highest BCUT2D eigenvalue weighted by molar-refractivity contribution is 5.67. The van der Waals surface area contributed by atoms with Gasteiger partial charge >= 0.3 is 5.97 Å². The Kier molecular flexibility index (Phi) is 4.47. The van der Waals surface area contributed by atoms with Crippen LogP contribution in [0.4, 0.5) is 0 Å². The van der Waals surface area contributed by atoms with E-state index in [0.717, 1.165) is 37.8 Å². The molecule has 0 heterocycles. The molecule has 0 spiro atoms. The first kappa shape index (κ1) is 19.0. The van der Waals surface area contributed by atoms with E-state index in [1.807, 2.05) is 0 Å². The Labute approximate surface area is 161 Å². The lowest BCUT2D eigenvalue weighted by atomic mass is 9.47. The Morgan fingerprint density at radius 1 is 1.22 bits per heavy atom. The molecule has 0 aromatic carbocycles. The molecule has 6 atom stereocenters. The summed E-state index contributed by atoms with van der Waals surface area (Å²) in [7, 11) is 0. The minimum atomic E-state index is -0.977. The van der Waals surface area contributed by atoms with Gasteiger partial charge < -0.3 is 10.2 Å². The molecule has 3 N–H and O–H groups in total. The van der Waals surface area contributed by atoms with E-state index in [-0.39, 0.29) is 17.4 Å². The van der Waals surface area contributed by atoms with Crippen molar-refractivity contribution < 1.29 is 19.8 Å². The van der Waals surface area contributed by atoms with Crippen molar-refractivity contribution in [3.63, 3.8) is 0 Å². The monoisotopic (exact) mass is 375 g/mol. The lowest BCUT2D eigenvalue weighted by Gasteiger charge is -2.58. The van der Waals surface area contributed by atoms with E-state index in [1.54, 1.807) is 0 Å². The van der Waals surface area contributed by atoms with Crippen LogP contribution >= 0.6 is 0 Å². The molecule has 0 radical (unpaired) electrons. The lowest BCUT2D eigenvalue weighted by Crippen LogP contribution is -2.53. The van der Waals surface area contributed by atoms with Gasteiger partial charge in [0.1, 0.15) is 0 Å². The molecule has 27 heavy (non-hydrogen) atoms. The fourth-order valence-electron chi connectivity index (χ4n) is 6.91. The maximum Gasteiger partial charge on any atom is 0.332 e. The van der Waals surface area contributed by atoms with Gasteiger partial charge in [0.05, 0.1) is 11.3 Å². The number of rotatable bonds is 4. The molecule has 0 aromatic rings. The smallest absolute Gasteiger partial charge is 0.332 e. The molecule has 150 valence electrons. The Hall–Kier alpha value is -1.33. The highest BCUT2D eigenvalue weighted by Gasteiger charge is 2.62. The van der Waals surface area contributed by atoms with Gasteiger partial charge in [0.2, 0.25) is 0 Å². The van der Waals surface area contributed by atoms with E-state index in [9.17, 15) is 9.90 Å². The molecule has 3 fully saturated rings. The first-order valence-electron chi connectivity index (χ1n) is 10.4. The van der Waals surface area contributed by atoms with Crippen LogP contribution in [0.25, 0.3) is 0 Å². The zero-order valence-corrected chi connectivity index (χ0v) is 16.8. The number of carboxylic acids is 1. The normalized spacial score (nSPS) is 45.9. The molecule has 5 nitrogen and oxygen atoms in total. The number of hydroxylamine groups is 1. The third kappa shape index (κ3) is 2.85. The topological polar surface area (TPSA) is 78.8 Å². The molecule has 0 amide bonds. The molecule has 0 saturated heterocycles. The van der Waals surface area contributed by atoms with E-state index in [4.69, 9.17) is 9.94 Å². The summed E-state index contributed by atoms with van der Waals surface area (Å²) in [5, 5.41) is 19.7. The van der Waals surface area contributed by atoms with Crippen molar-refractivity contribution in [2.24, 2.45) is 28.6 Å². The quantitative estimate of drug-likeness (QED) is 0.652. The predicted octanol–water partition coefficient (Wildman–Crippen LogP) is 3.80. The largest absolute Gasteiger partial charge is 0.479 e. The SMILES string of the molecule is C[C@]12CC[C@@H]3[C@H](CCC4=CC(NOCC(=O)O)=CC[C@]43C)[C@@H]1CC[C@@]2(C)O. The van der Waals surface area contributed by atoms with E-state index in [0.29, 0.717) is 17.8 Å². The number of carbonyl (C=O) groups is 1. The van der Waals surface area contributed by atoms with Crippen molar-refractivity contribution in [3.05, 3.63) is 23.4 Å². The van der Waals surface area contributed by atoms with Crippen molar-refractivity contribution in [2.75, 3.05) is 6.61 Å². The van der Waals surface area contributed by atoms with Gasteiger partial charge in [-0.15, -0.1) is 0 Å². The summed E-state index contributed by atoms with van der Waals surface area (Å²) in [5.41, 5.74) is 4.87. The van der Waals surface area contributed by atoms with E-state index in [2.05, 4.69) is 38.4 Å². The lowest BCUT2D eigenvalue weighted by molar-refractivity contribution is -0.144. The number of aliphatic hydroxyl groups is 1. The number of hydrogen-bond acceptors (Lipinski definition) is 4. The van der Waals surface area contributed by atoms with Crippen molar-refractivity contribution in [1.29, 1.82) is 0 Å². The minimum absolute atomic E-state index is 0.0631. The van der Waals surface area contributed by atoms with Crippen LogP contribution in [0.1, 0.15) is 65.7 Å². The van der Waals surface area contributed by atoms with Crippen molar-refractivity contribution >= 4 is 5.97 Å². The molecule has 3 saturated carbocycles. The summed E-state index contributed by atoms with van der Waals surface area (Å²) in [6.45, 7) is 6.46. The van der Waals surface area contributed by atoms with Crippen LogP contribution < -0.4 is 5.48 Å². The second-order valence-electron chi connectivity index (χ2n) is 9.92. The molecule has 4 rings (SSSR count). The van der Waals surface area contributed by atoms with Crippen LogP contribution in [-0.2, 0) is 9.63 Å². The van der Waals surface area contributed by atoms with Crippen molar-refractivity contribution in [3.8, 4) is 0 Å². The minimum Gasteiger partial charge on any atom is -0.479 e. The molecule has 0 unspecified atom stereocenters. The Morgan fingerprint density at radius 3 is 2.70 bits per heavy atom. The summed E-state index contributed by atoms with van der Waals surface area (Å²) >= 11 is 0. The predicted molar refractivity (Wildman–Crippen MR) is 103 cm³/mol. The number of aliphatic carboxylic acids is 1. The molecule has 4 aliphatic rings. The molecule has 5 heteroatoms. The van der Waals surface area contributed by atoms with Gasteiger partial charge in [0.15, 0.2) is 6.61 Å². The van der Waals surface area contributed by atoms with Gasteiger partial charge in [-0.2, -0.15) is 0 Å². The highest BCUT2D eigenvalue weighted by atomic mass is 16.7. The number of allylic oxidation sites excluding steroid dienone is 3. The molecule has 0 aliphatic heterocycles. The summed E-state index contributed by atoms with van der Waals surface area (Å²) in [4.78, 5) is 15.7. The van der Waals surface area contributed by atoms with Crippen LogP contribution in [0.3, 0.4) is 0 Å². The van der Waals surface area contributed by atoms with E-state index >= 15 is 0 Å². The van der Waals surface area contributed by atoms with Crippen molar-refractivity contribution in [1.82, 2.24) is 5.48 Å². The molecule has 0 aromatic heterocycles. The Balaban J connectivity index is 1.52. The summed E-state index contributed by atoms with van der Waals surface area (Å²) in [5.74, 6) is 1.02. The average molecular weight is 376 g/mol. The van der Waals surface area contributed by atoms with Gasteiger partial charge in [0, 0.05) is 0 Å². The molecule has 4 aliphatic carbocycles. The summed E-state index contributed by atoms with van der Waals surface area (Å²) in [6, 6.07) is 0. The molecular formula is C22H33NO4. The van der Waals surface area contributed by atoms with Crippen LogP contribution in [-0.4, -0.2) is 28.4 Å². The van der Waals surface area contributed by atoms with E-state index in [1.165, 1.54) is 18.4 Å². The van der Waals surface area contributed by atoms with Crippen LogP contribution in [0.15, 0.2) is 23.4 Å². The van der Waals surface area contributed by atoms with Gasteiger partial charge in [-0.25, -0.2) is 4.79 Å². The summed E-state index contributed by atoms with van der Waals surface area (Å²) in [6.07, 6.45) is 12.0. The molecular weight excluding hydrogens is 342 g/mol. The third-order valence-electron chi connectivity index (χ3n) is 8.76. The second kappa shape index (κ2) is 6.35. The third-order valence-corrected chi connectivity index (χ3v) is 8.76. The van der Waals surface area contributed by atoms with Gasteiger partial charge in [-0.3, -0.25) is 10.3 Å². The number of fused-ring (bicyclic) bond motifs is 5. The van der Waals surface area contributed by atoms with Gasteiger partial charge in [-0.05, 0) is 86.5 Å². The first-order chi connectivity index (χ1) is 12.7. The van der Waals surface area contributed by atoms with E-state index < -0.39 is 11.6 Å². The number of carboxylic acid groups (broad SMARTS) is 1. The Morgan fingerprint density at radius 2 is 1.96 bits per heavy atom. The zero-order valence-electron chi connectivity index (χ0n) is 16.8.